The van der Waals surface area contributed by atoms with Gasteiger partial charge >= 0.3 is 0 Å². The second-order valence-electron chi connectivity index (χ2n) is 3.59. The van der Waals surface area contributed by atoms with Crippen LogP contribution in [0.4, 0.5) is 0 Å². The van der Waals surface area contributed by atoms with E-state index >= 15 is 0 Å². The summed E-state index contributed by atoms with van der Waals surface area (Å²) in [6, 6.07) is 5.86. The van der Waals surface area contributed by atoms with Gasteiger partial charge in [0, 0.05) is 36.6 Å². The van der Waals surface area contributed by atoms with Crippen LogP contribution in [0.3, 0.4) is 0 Å². The van der Waals surface area contributed by atoms with Crippen molar-refractivity contribution in [3.8, 4) is 0 Å². The Kier molecular flexibility index (Phi) is 3.22. The first-order chi connectivity index (χ1) is 7.79. The van der Waals surface area contributed by atoms with Gasteiger partial charge in [-0.2, -0.15) is 0 Å². The Labute approximate surface area is 94.6 Å². The van der Waals surface area contributed by atoms with Gasteiger partial charge in [0.05, 0.1) is 5.69 Å². The molecule has 82 valence electrons. The topological polar surface area (TPSA) is 64.7 Å². The van der Waals surface area contributed by atoms with Crippen LogP contribution in [0, 0.1) is 6.92 Å². The number of rotatable bonds is 3. The van der Waals surface area contributed by atoms with Crippen LogP contribution in [-0.2, 0) is 13.0 Å². The lowest BCUT2D eigenvalue weighted by molar-refractivity contribution is 0.885. The van der Waals surface area contributed by atoms with E-state index < -0.39 is 0 Å². The first-order valence-corrected chi connectivity index (χ1v) is 5.21. The lowest BCUT2D eigenvalue weighted by Gasteiger charge is -2.06. The van der Waals surface area contributed by atoms with Crippen LogP contribution in [0.15, 0.2) is 30.6 Å². The van der Waals surface area contributed by atoms with E-state index in [2.05, 4.69) is 15.0 Å². The van der Waals surface area contributed by atoms with Gasteiger partial charge < -0.3 is 5.73 Å². The monoisotopic (exact) mass is 214 g/mol. The highest BCUT2D eigenvalue weighted by atomic mass is 14.9. The van der Waals surface area contributed by atoms with Crippen molar-refractivity contribution in [1.82, 2.24) is 15.0 Å². The van der Waals surface area contributed by atoms with Crippen molar-refractivity contribution in [3.63, 3.8) is 0 Å². The van der Waals surface area contributed by atoms with Crippen molar-refractivity contribution < 1.29 is 0 Å². The largest absolute Gasteiger partial charge is 0.326 e. The molecule has 2 heterocycles. The molecule has 2 aromatic rings. The second-order valence-corrected chi connectivity index (χ2v) is 3.59. The molecule has 16 heavy (non-hydrogen) atoms. The molecule has 0 spiro atoms. The fraction of sp³-hybridized carbons (Fsp3) is 0.250. The van der Waals surface area contributed by atoms with Gasteiger partial charge in [0.25, 0.3) is 0 Å². The Morgan fingerprint density at radius 1 is 1.25 bits per heavy atom. The molecule has 4 heteroatoms. The number of pyridine rings is 1. The molecule has 2 rings (SSSR count). The van der Waals surface area contributed by atoms with Gasteiger partial charge in [0.2, 0.25) is 0 Å². The Morgan fingerprint density at radius 3 is 2.81 bits per heavy atom. The maximum Gasteiger partial charge on any atom is 0.125 e. The molecule has 0 aliphatic heterocycles. The summed E-state index contributed by atoms with van der Waals surface area (Å²) in [5, 5.41) is 0. The van der Waals surface area contributed by atoms with Crippen LogP contribution >= 0.6 is 0 Å². The molecular formula is C12H14N4. The SMILES string of the molecule is Cc1ncc(CN)c(Cc2ccccn2)n1. The molecule has 0 radical (unpaired) electrons. The normalized spacial score (nSPS) is 10.4. The van der Waals surface area contributed by atoms with Gasteiger partial charge in [-0.25, -0.2) is 9.97 Å². The maximum atomic E-state index is 5.65. The van der Waals surface area contributed by atoms with E-state index in [9.17, 15) is 0 Å². The first-order valence-electron chi connectivity index (χ1n) is 5.21. The molecule has 0 aromatic carbocycles. The van der Waals surface area contributed by atoms with Gasteiger partial charge in [-0.1, -0.05) is 6.07 Å². The van der Waals surface area contributed by atoms with Crippen LogP contribution < -0.4 is 5.73 Å². The summed E-state index contributed by atoms with van der Waals surface area (Å²) in [5.74, 6) is 0.767. The Morgan fingerprint density at radius 2 is 2.12 bits per heavy atom. The molecule has 2 N–H and O–H groups in total. The third-order valence-corrected chi connectivity index (χ3v) is 2.37. The van der Waals surface area contributed by atoms with Gasteiger partial charge in [0.15, 0.2) is 0 Å². The number of aromatic nitrogens is 3. The minimum Gasteiger partial charge on any atom is -0.326 e. The summed E-state index contributed by atoms with van der Waals surface area (Å²) in [6.07, 6.45) is 4.28. The molecule has 0 atom stereocenters. The molecule has 0 fully saturated rings. The predicted octanol–water partition coefficient (Wildman–Crippen LogP) is 1.23. The average Bonchev–Trinajstić information content (AvgIpc) is 2.31. The van der Waals surface area contributed by atoms with Crippen LogP contribution in [0.1, 0.15) is 22.8 Å². The molecule has 4 nitrogen and oxygen atoms in total. The lowest BCUT2D eigenvalue weighted by Crippen LogP contribution is -2.07. The second kappa shape index (κ2) is 4.81. The maximum absolute atomic E-state index is 5.65. The standard InChI is InChI=1S/C12H14N4/c1-9-15-8-10(7-13)12(16-9)6-11-4-2-3-5-14-11/h2-5,8H,6-7,13H2,1H3. The van der Waals surface area contributed by atoms with E-state index in [-0.39, 0.29) is 0 Å². The van der Waals surface area contributed by atoms with Crippen molar-refractivity contribution >= 4 is 0 Å². The van der Waals surface area contributed by atoms with E-state index in [1.54, 1.807) is 12.4 Å². The summed E-state index contributed by atoms with van der Waals surface area (Å²) in [4.78, 5) is 12.8. The quantitative estimate of drug-likeness (QED) is 0.834. The third-order valence-electron chi connectivity index (χ3n) is 2.37. The van der Waals surface area contributed by atoms with Crippen LogP contribution in [0.2, 0.25) is 0 Å². The Bertz CT molecular complexity index is 468. The summed E-state index contributed by atoms with van der Waals surface area (Å²) in [7, 11) is 0. The van der Waals surface area contributed by atoms with Crippen molar-refractivity contribution in [2.75, 3.05) is 0 Å². The molecule has 0 unspecified atom stereocenters. The molecular weight excluding hydrogens is 200 g/mol. The molecule has 0 saturated heterocycles. The first kappa shape index (κ1) is 10.7. The highest BCUT2D eigenvalue weighted by molar-refractivity contribution is 5.22. The van der Waals surface area contributed by atoms with E-state index in [0.717, 1.165) is 22.8 Å². The minimum atomic E-state index is 0.461. The predicted molar refractivity (Wildman–Crippen MR) is 61.7 cm³/mol. The zero-order valence-corrected chi connectivity index (χ0v) is 9.22. The molecule has 0 aliphatic rings. The Balaban J connectivity index is 2.30. The highest BCUT2D eigenvalue weighted by Gasteiger charge is 2.05. The van der Waals surface area contributed by atoms with Crippen LogP contribution in [-0.4, -0.2) is 15.0 Å². The number of aryl methyl sites for hydroxylation is 1. The van der Waals surface area contributed by atoms with Crippen molar-refractivity contribution in [2.45, 2.75) is 19.9 Å². The van der Waals surface area contributed by atoms with Gasteiger partial charge in [-0.05, 0) is 19.1 Å². The third kappa shape index (κ3) is 2.41. The fourth-order valence-electron chi connectivity index (χ4n) is 1.54. The van der Waals surface area contributed by atoms with Crippen molar-refractivity contribution in [3.05, 3.63) is 53.4 Å². The van der Waals surface area contributed by atoms with Gasteiger partial charge in [-0.3, -0.25) is 4.98 Å². The van der Waals surface area contributed by atoms with Gasteiger partial charge in [-0.15, -0.1) is 0 Å². The number of hydrogen-bond acceptors (Lipinski definition) is 4. The number of hydrogen-bond donors (Lipinski definition) is 1. The molecule has 0 aliphatic carbocycles. The van der Waals surface area contributed by atoms with E-state index in [1.165, 1.54) is 0 Å². The van der Waals surface area contributed by atoms with Gasteiger partial charge in [0.1, 0.15) is 5.82 Å². The number of nitrogens with zero attached hydrogens (tertiary/aromatic N) is 3. The zero-order valence-electron chi connectivity index (χ0n) is 9.22. The van der Waals surface area contributed by atoms with Crippen LogP contribution in [0.5, 0.6) is 0 Å². The molecule has 0 bridgehead atoms. The summed E-state index contributed by atoms with van der Waals surface area (Å²) in [5.41, 5.74) is 8.60. The van der Waals surface area contributed by atoms with E-state index in [4.69, 9.17) is 5.73 Å². The van der Waals surface area contributed by atoms with Crippen molar-refractivity contribution in [2.24, 2.45) is 5.73 Å². The summed E-state index contributed by atoms with van der Waals surface area (Å²) >= 11 is 0. The Hall–Kier alpha value is -1.81. The minimum absolute atomic E-state index is 0.461. The number of nitrogens with two attached hydrogens (primary N) is 1. The fourth-order valence-corrected chi connectivity index (χ4v) is 1.54. The summed E-state index contributed by atoms with van der Waals surface area (Å²) < 4.78 is 0. The smallest absolute Gasteiger partial charge is 0.125 e. The zero-order chi connectivity index (χ0) is 11.4. The van der Waals surface area contributed by atoms with E-state index in [0.29, 0.717) is 13.0 Å². The lowest BCUT2D eigenvalue weighted by atomic mass is 10.1. The molecule has 0 amide bonds. The molecule has 0 saturated carbocycles. The molecule has 2 aromatic heterocycles. The average molecular weight is 214 g/mol. The highest BCUT2D eigenvalue weighted by Crippen LogP contribution is 2.09. The van der Waals surface area contributed by atoms with E-state index in [1.807, 2.05) is 25.1 Å². The van der Waals surface area contributed by atoms with Crippen molar-refractivity contribution in [1.29, 1.82) is 0 Å². The summed E-state index contributed by atoms with van der Waals surface area (Å²) in [6.45, 7) is 2.34. The van der Waals surface area contributed by atoms with Crippen LogP contribution in [0.25, 0.3) is 0 Å².